The number of ether oxygens (including phenoxy) is 1. The number of amides is 1. The molecule has 1 unspecified atom stereocenters. The van der Waals surface area contributed by atoms with Crippen molar-refractivity contribution < 1.29 is 18.3 Å². The molecule has 2 aromatic heterocycles. The molecule has 2 aliphatic rings. The molecule has 0 radical (unpaired) electrons. The van der Waals surface area contributed by atoms with Crippen molar-refractivity contribution in [1.82, 2.24) is 14.9 Å². The molecule has 1 aromatic carbocycles. The maximum Gasteiger partial charge on any atom is 0.408 e. The van der Waals surface area contributed by atoms with Gasteiger partial charge in [0.25, 0.3) is 5.56 Å². The van der Waals surface area contributed by atoms with Crippen LogP contribution in [0.3, 0.4) is 0 Å². The molecular weight excluding hydrogens is 458 g/mol. The van der Waals surface area contributed by atoms with Crippen LogP contribution in [0.2, 0.25) is 0 Å². The summed E-state index contributed by atoms with van der Waals surface area (Å²) in [5.41, 5.74) is -2.63. The Hall–Kier alpha value is -3.43. The highest BCUT2D eigenvalue weighted by molar-refractivity contribution is 5.95. The number of benzene rings is 1. The van der Waals surface area contributed by atoms with Crippen LogP contribution in [-0.2, 0) is 4.74 Å². The third-order valence-corrected chi connectivity index (χ3v) is 6.58. The first-order valence-electron chi connectivity index (χ1n) is 11.7. The number of nitrogens with zero attached hydrogens (tertiary/aromatic N) is 2. The van der Waals surface area contributed by atoms with Crippen molar-refractivity contribution in [2.75, 3.05) is 18.0 Å². The molecular formula is C25H28F2N4O4. The van der Waals surface area contributed by atoms with Crippen LogP contribution in [0.4, 0.5) is 19.3 Å². The Balaban J connectivity index is 1.61. The quantitative estimate of drug-likeness (QED) is 0.547. The highest BCUT2D eigenvalue weighted by Gasteiger charge is 2.39. The Kier molecular flexibility index (Phi) is 5.19. The number of carbonyl (C=O) groups excluding carboxylic acids is 1. The van der Waals surface area contributed by atoms with E-state index < -0.39 is 39.9 Å². The number of halogens is 2. The second-order valence-electron chi connectivity index (χ2n) is 10.8. The van der Waals surface area contributed by atoms with Gasteiger partial charge in [-0.25, -0.2) is 13.6 Å². The first-order chi connectivity index (χ1) is 16.4. The van der Waals surface area contributed by atoms with Gasteiger partial charge >= 0.3 is 6.09 Å². The largest absolute Gasteiger partial charge is 0.444 e. The number of alkyl carbamates (subject to hydrolysis) is 1. The van der Waals surface area contributed by atoms with Crippen LogP contribution in [0.25, 0.3) is 21.8 Å². The van der Waals surface area contributed by atoms with Crippen molar-refractivity contribution in [3.8, 4) is 0 Å². The third kappa shape index (κ3) is 4.04. The van der Waals surface area contributed by atoms with Gasteiger partial charge in [-0.1, -0.05) is 0 Å². The second kappa shape index (κ2) is 7.79. The first-order valence-corrected chi connectivity index (χ1v) is 11.7. The van der Waals surface area contributed by atoms with Gasteiger partial charge in [0.2, 0.25) is 5.43 Å². The lowest BCUT2D eigenvalue weighted by Gasteiger charge is -2.29. The van der Waals surface area contributed by atoms with Gasteiger partial charge in [0.15, 0.2) is 5.82 Å². The van der Waals surface area contributed by atoms with Crippen molar-refractivity contribution in [2.24, 2.45) is 0 Å². The zero-order chi connectivity index (χ0) is 25.3. The van der Waals surface area contributed by atoms with Crippen LogP contribution >= 0.6 is 0 Å². The van der Waals surface area contributed by atoms with Crippen molar-refractivity contribution >= 4 is 33.6 Å². The first kappa shape index (κ1) is 23.3. The second-order valence-corrected chi connectivity index (χ2v) is 10.8. The monoisotopic (exact) mass is 486 g/mol. The summed E-state index contributed by atoms with van der Waals surface area (Å²) in [5.74, 6) is -1.73. The van der Waals surface area contributed by atoms with E-state index in [1.54, 1.807) is 43.2 Å². The van der Waals surface area contributed by atoms with Gasteiger partial charge in [-0.2, -0.15) is 0 Å². The number of carbonyl (C=O) groups is 1. The van der Waals surface area contributed by atoms with Crippen LogP contribution in [0.5, 0.6) is 0 Å². The van der Waals surface area contributed by atoms with E-state index in [0.717, 1.165) is 18.9 Å². The molecule has 3 aromatic rings. The number of hydrogen-bond donors (Lipinski definition) is 2. The fraction of sp³-hybridized carbons (Fsp3) is 0.480. The summed E-state index contributed by atoms with van der Waals surface area (Å²) in [6.07, 6.45) is 2.82. The van der Waals surface area contributed by atoms with E-state index in [4.69, 9.17) is 4.74 Å². The Morgan fingerprint density at radius 1 is 1.26 bits per heavy atom. The van der Waals surface area contributed by atoms with E-state index in [-0.39, 0.29) is 34.6 Å². The predicted octanol–water partition coefficient (Wildman–Crippen LogP) is 3.95. The van der Waals surface area contributed by atoms with Gasteiger partial charge in [0, 0.05) is 25.3 Å². The average molecular weight is 487 g/mol. The molecule has 35 heavy (non-hydrogen) atoms. The molecule has 1 saturated carbocycles. The maximum atomic E-state index is 16.1. The lowest BCUT2D eigenvalue weighted by molar-refractivity contribution is 0.0473. The molecule has 0 spiro atoms. The van der Waals surface area contributed by atoms with Crippen LogP contribution in [0.1, 0.15) is 53.0 Å². The van der Waals surface area contributed by atoms with Crippen molar-refractivity contribution in [3.05, 3.63) is 50.5 Å². The smallest absolute Gasteiger partial charge is 0.408 e. The Morgan fingerprint density at radius 2 is 1.97 bits per heavy atom. The SMILES string of the molecule is CC1(NC(=O)OC(C)(C)C)CCN(c2c(F)cc3c(=O)c4c(=O)[nH]ccc4n(C4CC4)c3c2F)C1. The van der Waals surface area contributed by atoms with Gasteiger partial charge in [-0.3, -0.25) is 9.59 Å². The fourth-order valence-electron chi connectivity index (χ4n) is 4.96. The highest BCUT2D eigenvalue weighted by Crippen LogP contribution is 2.42. The van der Waals surface area contributed by atoms with Gasteiger partial charge in [-0.05, 0) is 59.1 Å². The molecule has 2 fully saturated rings. The van der Waals surface area contributed by atoms with Gasteiger partial charge in [0.1, 0.15) is 22.5 Å². The molecule has 8 nitrogen and oxygen atoms in total. The fourth-order valence-corrected chi connectivity index (χ4v) is 4.96. The number of aromatic nitrogens is 2. The minimum Gasteiger partial charge on any atom is -0.444 e. The normalized spacial score (nSPS) is 20.6. The standard InChI is InChI=1S/C25H28F2N4O4/c1-24(2,3)35-23(34)29-25(4)8-10-30(12-25)20-15(26)11-14-19(18(20)27)31(13-5-6-13)16-7-9-28-22(33)17(16)21(14)32/h7,9,11,13H,5-6,8,10,12H2,1-4H3,(H,28,33)(H,29,34). The van der Waals surface area contributed by atoms with E-state index in [1.807, 2.05) is 0 Å². The molecule has 1 saturated heterocycles. The number of fused-ring (bicyclic) bond motifs is 2. The third-order valence-electron chi connectivity index (χ3n) is 6.58. The Bertz CT molecular complexity index is 1490. The molecule has 186 valence electrons. The van der Waals surface area contributed by atoms with E-state index in [2.05, 4.69) is 10.3 Å². The predicted molar refractivity (Wildman–Crippen MR) is 129 cm³/mol. The number of aromatic amines is 1. The summed E-state index contributed by atoms with van der Waals surface area (Å²) in [7, 11) is 0. The van der Waals surface area contributed by atoms with Gasteiger partial charge < -0.3 is 24.5 Å². The van der Waals surface area contributed by atoms with E-state index >= 15 is 8.78 Å². The van der Waals surface area contributed by atoms with E-state index in [9.17, 15) is 14.4 Å². The van der Waals surface area contributed by atoms with E-state index in [1.165, 1.54) is 6.20 Å². The number of nitrogens with one attached hydrogen (secondary N) is 2. The molecule has 1 aliphatic carbocycles. The Morgan fingerprint density at radius 3 is 2.63 bits per heavy atom. The highest BCUT2D eigenvalue weighted by atomic mass is 19.1. The summed E-state index contributed by atoms with van der Waals surface area (Å²) < 4.78 is 38.5. The topological polar surface area (TPSA) is 96.4 Å². The molecule has 5 rings (SSSR count). The lowest BCUT2D eigenvalue weighted by Crippen LogP contribution is -2.49. The van der Waals surface area contributed by atoms with Gasteiger partial charge in [-0.15, -0.1) is 0 Å². The van der Waals surface area contributed by atoms with Crippen LogP contribution in [0, 0.1) is 11.6 Å². The van der Waals surface area contributed by atoms with Crippen LogP contribution < -0.4 is 21.2 Å². The van der Waals surface area contributed by atoms with E-state index in [0.29, 0.717) is 18.5 Å². The van der Waals surface area contributed by atoms with Crippen molar-refractivity contribution in [3.63, 3.8) is 0 Å². The molecule has 2 N–H and O–H groups in total. The minimum absolute atomic E-state index is 0.000652. The van der Waals surface area contributed by atoms with Crippen molar-refractivity contribution in [2.45, 2.75) is 64.1 Å². The molecule has 1 amide bonds. The number of pyridine rings is 2. The molecule has 10 heteroatoms. The van der Waals surface area contributed by atoms with Crippen LogP contribution in [-0.4, -0.2) is 39.9 Å². The summed E-state index contributed by atoms with van der Waals surface area (Å²) in [4.78, 5) is 41.9. The van der Waals surface area contributed by atoms with Crippen molar-refractivity contribution in [1.29, 1.82) is 0 Å². The number of H-pyrrole nitrogens is 1. The summed E-state index contributed by atoms with van der Waals surface area (Å²) >= 11 is 0. The summed E-state index contributed by atoms with van der Waals surface area (Å²) in [6, 6.07) is 2.53. The minimum atomic E-state index is -0.886. The van der Waals surface area contributed by atoms with Crippen LogP contribution in [0.15, 0.2) is 27.9 Å². The average Bonchev–Trinajstić information content (AvgIpc) is 3.50. The van der Waals surface area contributed by atoms with Gasteiger partial charge in [0.05, 0.1) is 22.0 Å². The summed E-state index contributed by atoms with van der Waals surface area (Å²) in [5, 5.41) is 2.56. The molecule has 3 heterocycles. The number of anilines is 1. The number of hydrogen-bond acceptors (Lipinski definition) is 5. The number of rotatable bonds is 3. The maximum absolute atomic E-state index is 16.1. The summed E-state index contributed by atoms with van der Waals surface area (Å²) in [6.45, 7) is 7.53. The Labute approximate surface area is 199 Å². The zero-order valence-electron chi connectivity index (χ0n) is 20.1. The molecule has 1 aliphatic heterocycles. The zero-order valence-corrected chi connectivity index (χ0v) is 20.1. The molecule has 0 bridgehead atoms. The lowest BCUT2D eigenvalue weighted by atomic mass is 10.0. The molecule has 1 atom stereocenters.